The molecule has 1 aliphatic rings. The third kappa shape index (κ3) is 2.93. The number of hydrogen-bond acceptors (Lipinski definition) is 4. The van der Waals surface area contributed by atoms with Crippen molar-refractivity contribution in [3.8, 4) is 0 Å². The second-order valence-electron chi connectivity index (χ2n) is 5.93. The maximum absolute atomic E-state index is 12.1. The Morgan fingerprint density at radius 1 is 1.16 bits per heavy atom. The van der Waals surface area contributed by atoms with Gasteiger partial charge in [0.25, 0.3) is 0 Å². The Morgan fingerprint density at radius 3 is 2.05 bits per heavy atom. The Kier molecular flexibility index (Phi) is 5.39. The molecule has 0 aromatic carbocycles. The van der Waals surface area contributed by atoms with E-state index in [1.54, 1.807) is 0 Å². The van der Waals surface area contributed by atoms with Crippen molar-refractivity contribution in [3.05, 3.63) is 0 Å². The molecule has 4 nitrogen and oxygen atoms in total. The molecule has 0 unspecified atom stereocenters. The third-order valence-electron chi connectivity index (χ3n) is 4.47. The van der Waals surface area contributed by atoms with Crippen LogP contribution in [0.3, 0.4) is 0 Å². The first-order chi connectivity index (χ1) is 8.92. The summed E-state index contributed by atoms with van der Waals surface area (Å²) in [6, 6.07) is 0. The van der Waals surface area contributed by atoms with Gasteiger partial charge in [-0.3, -0.25) is 9.59 Å². The average molecular weight is 270 g/mol. The largest absolute Gasteiger partial charge is 0.468 e. The molecule has 110 valence electrons. The molecule has 0 bridgehead atoms. The van der Waals surface area contributed by atoms with Crippen LogP contribution in [0, 0.1) is 23.2 Å². The molecule has 0 radical (unpaired) electrons. The third-order valence-corrected chi connectivity index (χ3v) is 4.47. The second kappa shape index (κ2) is 6.40. The summed E-state index contributed by atoms with van der Waals surface area (Å²) in [4.78, 5) is 24.3. The highest BCUT2D eigenvalue weighted by Gasteiger charge is 2.57. The van der Waals surface area contributed by atoms with Crippen molar-refractivity contribution in [2.75, 3.05) is 14.2 Å². The van der Waals surface area contributed by atoms with Crippen LogP contribution in [-0.2, 0) is 19.1 Å². The Hall–Kier alpha value is -1.06. The molecule has 1 rings (SSSR count). The first-order valence-corrected chi connectivity index (χ1v) is 7.09. The van der Waals surface area contributed by atoms with E-state index in [2.05, 4.69) is 20.8 Å². The molecule has 0 saturated heterocycles. The number of methoxy groups -OCH3 is 2. The fourth-order valence-corrected chi connectivity index (χ4v) is 3.53. The lowest BCUT2D eigenvalue weighted by Crippen LogP contribution is -2.39. The van der Waals surface area contributed by atoms with Gasteiger partial charge in [0.1, 0.15) is 0 Å². The van der Waals surface area contributed by atoms with Crippen molar-refractivity contribution >= 4 is 11.9 Å². The molecule has 0 aliphatic heterocycles. The number of esters is 2. The smallest absolute Gasteiger partial charge is 0.323 e. The van der Waals surface area contributed by atoms with Crippen LogP contribution in [0.2, 0.25) is 0 Å². The number of carbonyl (C=O) groups is 2. The van der Waals surface area contributed by atoms with Crippen LogP contribution in [0.4, 0.5) is 0 Å². The minimum Gasteiger partial charge on any atom is -0.468 e. The van der Waals surface area contributed by atoms with Crippen LogP contribution in [0.15, 0.2) is 0 Å². The van der Waals surface area contributed by atoms with Gasteiger partial charge in [0, 0.05) is 0 Å². The van der Waals surface area contributed by atoms with Crippen molar-refractivity contribution < 1.29 is 19.1 Å². The van der Waals surface area contributed by atoms with Gasteiger partial charge in [-0.15, -0.1) is 0 Å². The van der Waals surface area contributed by atoms with E-state index in [0.717, 1.165) is 12.8 Å². The summed E-state index contributed by atoms with van der Waals surface area (Å²) in [6.07, 6.45) is 3.21. The minimum atomic E-state index is -1.09. The van der Waals surface area contributed by atoms with Gasteiger partial charge in [0.15, 0.2) is 5.41 Å². The molecule has 0 aromatic heterocycles. The molecule has 0 heterocycles. The lowest BCUT2D eigenvalue weighted by Gasteiger charge is -2.23. The Balaban J connectivity index is 3.07. The Bertz CT molecular complexity index is 319. The molecule has 0 spiro atoms. The molecule has 19 heavy (non-hydrogen) atoms. The van der Waals surface area contributed by atoms with Crippen molar-refractivity contribution in [1.29, 1.82) is 0 Å². The molecule has 0 amide bonds. The lowest BCUT2D eigenvalue weighted by atomic mass is 9.83. The first kappa shape index (κ1) is 16.0. The summed E-state index contributed by atoms with van der Waals surface area (Å²) >= 11 is 0. The van der Waals surface area contributed by atoms with E-state index < -0.39 is 17.4 Å². The number of carbonyl (C=O) groups excluding carboxylic acids is 2. The number of hydrogen-bond donors (Lipinski definition) is 0. The fourth-order valence-electron chi connectivity index (χ4n) is 3.53. The molecule has 1 fully saturated rings. The second-order valence-corrected chi connectivity index (χ2v) is 5.93. The summed E-state index contributed by atoms with van der Waals surface area (Å²) in [5, 5.41) is 0. The quantitative estimate of drug-likeness (QED) is 0.569. The first-order valence-electron chi connectivity index (χ1n) is 7.09. The van der Waals surface area contributed by atoms with Crippen LogP contribution in [0.25, 0.3) is 0 Å². The zero-order chi connectivity index (χ0) is 14.6. The van der Waals surface area contributed by atoms with Gasteiger partial charge in [-0.2, -0.15) is 0 Å². The predicted molar refractivity (Wildman–Crippen MR) is 72.4 cm³/mol. The molecule has 2 atom stereocenters. The Labute approximate surface area is 115 Å². The summed E-state index contributed by atoms with van der Waals surface area (Å²) in [6.45, 7) is 6.43. The van der Waals surface area contributed by atoms with Crippen LogP contribution in [-0.4, -0.2) is 26.2 Å². The fraction of sp³-hybridized carbons (Fsp3) is 0.867. The molecular weight excluding hydrogens is 244 g/mol. The summed E-state index contributed by atoms with van der Waals surface area (Å²) in [5.41, 5.74) is -1.09. The van der Waals surface area contributed by atoms with Crippen molar-refractivity contribution in [1.82, 2.24) is 0 Å². The topological polar surface area (TPSA) is 52.6 Å². The normalized spacial score (nSPS) is 25.4. The highest BCUT2D eigenvalue weighted by Crippen LogP contribution is 2.51. The maximum atomic E-state index is 12.1. The van der Waals surface area contributed by atoms with Gasteiger partial charge in [-0.1, -0.05) is 33.6 Å². The van der Waals surface area contributed by atoms with Crippen LogP contribution in [0.5, 0.6) is 0 Å². The van der Waals surface area contributed by atoms with Gasteiger partial charge in [-0.25, -0.2) is 0 Å². The average Bonchev–Trinajstić information content (AvgIpc) is 2.78. The lowest BCUT2D eigenvalue weighted by molar-refractivity contribution is -0.169. The molecule has 0 aromatic rings. The standard InChI is InChI=1S/C15H26O4/c1-6-7-11-8-15(13(16)18-4,14(17)19-5)9-12(11)10(2)3/h10-12H,6-9H2,1-5H3/t11-,12+/m1/s1. The van der Waals surface area contributed by atoms with Gasteiger partial charge in [0.05, 0.1) is 14.2 Å². The van der Waals surface area contributed by atoms with E-state index in [1.807, 2.05) is 0 Å². The molecule has 1 aliphatic carbocycles. The molecule has 1 saturated carbocycles. The molecule has 0 N–H and O–H groups in total. The highest BCUT2D eigenvalue weighted by atomic mass is 16.5. The maximum Gasteiger partial charge on any atom is 0.323 e. The monoisotopic (exact) mass is 270 g/mol. The summed E-state index contributed by atoms with van der Waals surface area (Å²) in [7, 11) is 2.68. The van der Waals surface area contributed by atoms with E-state index in [9.17, 15) is 9.59 Å². The Morgan fingerprint density at radius 2 is 1.68 bits per heavy atom. The van der Waals surface area contributed by atoms with Crippen molar-refractivity contribution in [2.24, 2.45) is 23.2 Å². The van der Waals surface area contributed by atoms with Crippen molar-refractivity contribution in [2.45, 2.75) is 46.5 Å². The van der Waals surface area contributed by atoms with Crippen LogP contribution >= 0.6 is 0 Å². The minimum absolute atomic E-state index is 0.373. The molecule has 4 heteroatoms. The van der Waals surface area contributed by atoms with E-state index in [1.165, 1.54) is 14.2 Å². The van der Waals surface area contributed by atoms with Gasteiger partial charge in [0.2, 0.25) is 0 Å². The summed E-state index contributed by atoms with van der Waals surface area (Å²) in [5.74, 6) is 0.335. The number of rotatable bonds is 5. The SMILES string of the molecule is CCC[C@@H]1CC(C(=O)OC)(C(=O)OC)C[C@H]1C(C)C. The van der Waals surface area contributed by atoms with E-state index in [0.29, 0.717) is 30.6 Å². The van der Waals surface area contributed by atoms with Gasteiger partial charge < -0.3 is 9.47 Å². The van der Waals surface area contributed by atoms with Crippen LogP contribution in [0.1, 0.15) is 46.5 Å². The van der Waals surface area contributed by atoms with E-state index in [4.69, 9.17) is 9.47 Å². The van der Waals surface area contributed by atoms with Gasteiger partial charge >= 0.3 is 11.9 Å². The zero-order valence-electron chi connectivity index (χ0n) is 12.7. The van der Waals surface area contributed by atoms with Crippen molar-refractivity contribution in [3.63, 3.8) is 0 Å². The van der Waals surface area contributed by atoms with E-state index in [-0.39, 0.29) is 0 Å². The van der Waals surface area contributed by atoms with E-state index >= 15 is 0 Å². The van der Waals surface area contributed by atoms with Crippen LogP contribution < -0.4 is 0 Å². The van der Waals surface area contributed by atoms with Gasteiger partial charge in [-0.05, 0) is 30.6 Å². The number of ether oxygens (including phenoxy) is 2. The zero-order valence-corrected chi connectivity index (χ0v) is 12.7. The highest BCUT2D eigenvalue weighted by molar-refractivity contribution is 6.00. The predicted octanol–water partition coefficient (Wildman–Crippen LogP) is 2.80. The summed E-state index contributed by atoms with van der Waals surface area (Å²) < 4.78 is 9.75. The molecular formula is C15H26O4.